The summed E-state index contributed by atoms with van der Waals surface area (Å²) in [6, 6.07) is 11.5. The number of hydrogen-bond donors (Lipinski definition) is 2. The van der Waals surface area contributed by atoms with Crippen LogP contribution in [-0.2, 0) is 19.0 Å². The van der Waals surface area contributed by atoms with Crippen molar-refractivity contribution in [3.63, 3.8) is 0 Å². The first-order chi connectivity index (χ1) is 15.1. The lowest BCUT2D eigenvalue weighted by Crippen LogP contribution is -2.51. The Kier molecular flexibility index (Phi) is 5.12. The minimum atomic E-state index is -4.37. The smallest absolute Gasteiger partial charge is 0.416 e. The fourth-order valence-electron chi connectivity index (χ4n) is 7.45. The maximum absolute atomic E-state index is 13.4. The number of benzene rings is 2. The third-order valence-electron chi connectivity index (χ3n) is 9.16. The standard InChI is InChI=1S/C27H31F3O2/c1-25-13-11-21-20-9-7-19(31)16-18(20)6-8-22(21)24(25)12-15-26(25,32)14-10-17-4-2-3-5-23(17)27(28,29)30/h2-5,7,9,16,21-22,24,31-32H,6,8,10-15H2,1H3/t21-,22-,24+,25+,26+/m1/s1. The summed E-state index contributed by atoms with van der Waals surface area (Å²) in [4.78, 5) is 0. The van der Waals surface area contributed by atoms with Crippen LogP contribution in [0.3, 0.4) is 0 Å². The Morgan fingerprint density at radius 2 is 1.81 bits per heavy atom. The van der Waals surface area contributed by atoms with Crippen molar-refractivity contribution in [2.45, 2.75) is 76.0 Å². The van der Waals surface area contributed by atoms with E-state index in [1.807, 2.05) is 6.07 Å². The number of halogens is 3. The lowest BCUT2D eigenvalue weighted by Gasteiger charge is -2.53. The van der Waals surface area contributed by atoms with Gasteiger partial charge in [-0.1, -0.05) is 31.2 Å². The summed E-state index contributed by atoms with van der Waals surface area (Å²) in [5.41, 5.74) is 1.08. The van der Waals surface area contributed by atoms with Gasteiger partial charge in [0, 0.05) is 0 Å². The van der Waals surface area contributed by atoms with Crippen molar-refractivity contribution in [2.75, 3.05) is 0 Å². The van der Waals surface area contributed by atoms with Crippen LogP contribution in [0.2, 0.25) is 0 Å². The van der Waals surface area contributed by atoms with Gasteiger partial charge in [0.1, 0.15) is 5.75 Å². The van der Waals surface area contributed by atoms with Gasteiger partial charge in [0.2, 0.25) is 0 Å². The van der Waals surface area contributed by atoms with E-state index < -0.39 is 17.3 Å². The number of aliphatic hydroxyl groups is 1. The molecule has 2 nitrogen and oxygen atoms in total. The summed E-state index contributed by atoms with van der Waals surface area (Å²) in [5, 5.41) is 21.7. The summed E-state index contributed by atoms with van der Waals surface area (Å²) >= 11 is 0. The molecule has 0 saturated heterocycles. The Labute approximate surface area is 187 Å². The molecule has 32 heavy (non-hydrogen) atoms. The number of fused-ring (bicyclic) bond motifs is 5. The molecule has 2 N–H and O–H groups in total. The lowest BCUT2D eigenvalue weighted by molar-refractivity contribution is -0.138. The molecule has 2 aromatic carbocycles. The van der Waals surface area contributed by atoms with Gasteiger partial charge in [0.15, 0.2) is 0 Å². The average Bonchev–Trinajstić information content (AvgIpc) is 3.02. The van der Waals surface area contributed by atoms with E-state index in [1.54, 1.807) is 18.2 Å². The minimum Gasteiger partial charge on any atom is -0.508 e. The molecule has 3 aliphatic carbocycles. The highest BCUT2D eigenvalue weighted by atomic mass is 19.4. The monoisotopic (exact) mass is 444 g/mol. The van der Waals surface area contributed by atoms with Crippen molar-refractivity contribution in [1.29, 1.82) is 0 Å². The average molecular weight is 445 g/mol. The molecule has 3 aliphatic rings. The van der Waals surface area contributed by atoms with Crippen molar-refractivity contribution in [3.05, 3.63) is 64.7 Å². The van der Waals surface area contributed by atoms with Gasteiger partial charge >= 0.3 is 6.18 Å². The second-order valence-electron chi connectivity index (χ2n) is 10.5. The summed E-state index contributed by atoms with van der Waals surface area (Å²) in [6.07, 6.45) is 1.69. The molecule has 0 amide bonds. The van der Waals surface area contributed by atoms with E-state index in [2.05, 4.69) is 13.0 Å². The van der Waals surface area contributed by atoms with E-state index in [1.165, 1.54) is 17.2 Å². The molecule has 2 fully saturated rings. The van der Waals surface area contributed by atoms with Gasteiger partial charge in [-0.3, -0.25) is 0 Å². The first-order valence-corrected chi connectivity index (χ1v) is 11.8. The van der Waals surface area contributed by atoms with E-state index in [-0.39, 0.29) is 17.4 Å². The van der Waals surface area contributed by atoms with Crippen LogP contribution in [0.15, 0.2) is 42.5 Å². The van der Waals surface area contributed by atoms with Crippen LogP contribution in [-0.4, -0.2) is 15.8 Å². The Balaban J connectivity index is 1.38. The molecule has 5 rings (SSSR count). The maximum Gasteiger partial charge on any atom is 0.416 e. The summed E-state index contributed by atoms with van der Waals surface area (Å²) in [5.74, 6) is 1.64. The van der Waals surface area contributed by atoms with Crippen LogP contribution >= 0.6 is 0 Å². The van der Waals surface area contributed by atoms with Crippen molar-refractivity contribution in [1.82, 2.24) is 0 Å². The molecular weight excluding hydrogens is 413 g/mol. The zero-order valence-electron chi connectivity index (χ0n) is 18.5. The van der Waals surface area contributed by atoms with Gasteiger partial charge in [0.05, 0.1) is 11.2 Å². The van der Waals surface area contributed by atoms with Crippen molar-refractivity contribution in [3.8, 4) is 5.75 Å². The molecule has 0 aromatic heterocycles. The normalized spacial score (nSPS) is 34.0. The molecule has 172 valence electrons. The number of alkyl halides is 3. The zero-order valence-corrected chi connectivity index (χ0v) is 18.5. The molecule has 0 aliphatic heterocycles. The van der Waals surface area contributed by atoms with Crippen molar-refractivity contribution < 1.29 is 23.4 Å². The summed E-state index contributed by atoms with van der Waals surface area (Å²) in [7, 11) is 0. The molecule has 2 saturated carbocycles. The van der Waals surface area contributed by atoms with Crippen molar-refractivity contribution in [2.24, 2.45) is 17.3 Å². The molecule has 0 bridgehead atoms. The minimum absolute atomic E-state index is 0.241. The van der Waals surface area contributed by atoms with E-state index in [0.717, 1.165) is 38.2 Å². The van der Waals surface area contributed by atoms with E-state index >= 15 is 0 Å². The third-order valence-corrected chi connectivity index (χ3v) is 9.16. The SMILES string of the molecule is C[C@]12CC[C@@H]3c4ccc(O)cc4CC[C@H]3[C@@H]1CC[C@@]2(O)CCc1ccccc1C(F)(F)F. The fourth-order valence-corrected chi connectivity index (χ4v) is 7.45. The van der Waals surface area contributed by atoms with Crippen LogP contribution in [0.1, 0.15) is 73.6 Å². The highest BCUT2D eigenvalue weighted by molar-refractivity contribution is 5.40. The van der Waals surface area contributed by atoms with Crippen LogP contribution in [0, 0.1) is 17.3 Å². The van der Waals surface area contributed by atoms with Gasteiger partial charge < -0.3 is 10.2 Å². The van der Waals surface area contributed by atoms with Gasteiger partial charge in [0.25, 0.3) is 0 Å². The lowest BCUT2D eigenvalue weighted by atomic mass is 9.53. The van der Waals surface area contributed by atoms with E-state index in [9.17, 15) is 23.4 Å². The molecule has 5 heteroatoms. The molecule has 0 heterocycles. The highest BCUT2D eigenvalue weighted by Crippen LogP contribution is 2.65. The summed E-state index contributed by atoms with van der Waals surface area (Å²) < 4.78 is 40.3. The van der Waals surface area contributed by atoms with Crippen molar-refractivity contribution >= 4 is 0 Å². The Bertz CT molecular complexity index is 1020. The van der Waals surface area contributed by atoms with Gasteiger partial charge in [-0.25, -0.2) is 0 Å². The summed E-state index contributed by atoms with van der Waals surface area (Å²) in [6.45, 7) is 2.18. The Hall–Kier alpha value is -2.01. The van der Waals surface area contributed by atoms with Crippen LogP contribution in [0.25, 0.3) is 0 Å². The first kappa shape index (κ1) is 21.8. The molecule has 0 unspecified atom stereocenters. The molecular formula is C27H31F3O2. The number of phenolic OH excluding ortho intramolecular Hbond substituents is 1. The quantitative estimate of drug-likeness (QED) is 0.558. The van der Waals surface area contributed by atoms with Crippen LogP contribution in [0.5, 0.6) is 5.75 Å². The number of phenols is 1. The van der Waals surface area contributed by atoms with Gasteiger partial charge in [-0.2, -0.15) is 13.2 Å². The predicted octanol–water partition coefficient (Wildman–Crippen LogP) is 6.63. The maximum atomic E-state index is 13.4. The van der Waals surface area contributed by atoms with E-state index in [4.69, 9.17) is 0 Å². The number of aromatic hydroxyl groups is 1. The van der Waals surface area contributed by atoms with Crippen LogP contribution in [0.4, 0.5) is 13.2 Å². The zero-order chi connectivity index (χ0) is 22.7. The molecule has 5 atom stereocenters. The van der Waals surface area contributed by atoms with E-state index in [0.29, 0.717) is 36.3 Å². The Morgan fingerprint density at radius 3 is 2.59 bits per heavy atom. The molecule has 0 radical (unpaired) electrons. The third kappa shape index (κ3) is 3.35. The fraction of sp³-hybridized carbons (Fsp3) is 0.556. The Morgan fingerprint density at radius 1 is 1.03 bits per heavy atom. The second kappa shape index (κ2) is 7.51. The first-order valence-electron chi connectivity index (χ1n) is 11.8. The largest absolute Gasteiger partial charge is 0.508 e. The molecule has 0 spiro atoms. The number of aryl methyl sites for hydroxylation is 2. The highest BCUT2D eigenvalue weighted by Gasteiger charge is 2.61. The van der Waals surface area contributed by atoms with Gasteiger partial charge in [-0.05, 0) is 109 Å². The topological polar surface area (TPSA) is 40.5 Å². The number of rotatable bonds is 3. The number of hydrogen-bond acceptors (Lipinski definition) is 2. The van der Waals surface area contributed by atoms with Gasteiger partial charge in [-0.15, -0.1) is 0 Å². The van der Waals surface area contributed by atoms with Crippen LogP contribution < -0.4 is 0 Å². The second-order valence-corrected chi connectivity index (χ2v) is 10.5. The predicted molar refractivity (Wildman–Crippen MR) is 117 cm³/mol. The molecule has 2 aromatic rings.